The van der Waals surface area contributed by atoms with E-state index < -0.39 is 0 Å². The molecule has 1 aromatic rings. The molecule has 3 atom stereocenters. The standard InChI is InChI=1S/C13H21NOS/c1-9(6-10-4-5-16-8-10)14-11-7-12(15)13(11,2)3/h4-5,8-9,11-12,14-15H,6-7H2,1-3H3. The van der Waals surface area contributed by atoms with Crippen LogP contribution in [-0.4, -0.2) is 23.3 Å². The number of aliphatic hydroxyl groups excluding tert-OH is 1. The summed E-state index contributed by atoms with van der Waals surface area (Å²) in [6.07, 6.45) is 1.83. The summed E-state index contributed by atoms with van der Waals surface area (Å²) in [4.78, 5) is 0. The van der Waals surface area contributed by atoms with E-state index in [0.717, 1.165) is 12.8 Å². The summed E-state index contributed by atoms with van der Waals surface area (Å²) in [7, 11) is 0. The molecule has 1 saturated carbocycles. The van der Waals surface area contributed by atoms with Gasteiger partial charge in [0.25, 0.3) is 0 Å². The number of hydrogen-bond donors (Lipinski definition) is 2. The maximum atomic E-state index is 9.68. The average molecular weight is 239 g/mol. The van der Waals surface area contributed by atoms with E-state index in [4.69, 9.17) is 0 Å². The Morgan fingerprint density at radius 1 is 1.62 bits per heavy atom. The van der Waals surface area contributed by atoms with Crippen LogP contribution in [0.5, 0.6) is 0 Å². The van der Waals surface area contributed by atoms with Gasteiger partial charge in [-0.25, -0.2) is 0 Å². The first kappa shape index (κ1) is 12.1. The van der Waals surface area contributed by atoms with E-state index in [0.29, 0.717) is 12.1 Å². The molecule has 16 heavy (non-hydrogen) atoms. The molecule has 3 heteroatoms. The smallest absolute Gasteiger partial charge is 0.0621 e. The van der Waals surface area contributed by atoms with Crippen molar-refractivity contribution in [3.05, 3.63) is 22.4 Å². The molecule has 0 radical (unpaired) electrons. The lowest BCUT2D eigenvalue weighted by atomic mass is 9.64. The van der Waals surface area contributed by atoms with Crippen molar-refractivity contribution in [1.29, 1.82) is 0 Å². The van der Waals surface area contributed by atoms with Crippen LogP contribution in [0.1, 0.15) is 32.8 Å². The van der Waals surface area contributed by atoms with Crippen LogP contribution in [0.4, 0.5) is 0 Å². The Morgan fingerprint density at radius 2 is 2.38 bits per heavy atom. The quantitative estimate of drug-likeness (QED) is 0.846. The molecule has 0 bridgehead atoms. The van der Waals surface area contributed by atoms with Crippen molar-refractivity contribution in [1.82, 2.24) is 5.32 Å². The molecule has 2 N–H and O–H groups in total. The van der Waals surface area contributed by atoms with Crippen molar-refractivity contribution in [3.63, 3.8) is 0 Å². The molecule has 2 rings (SSSR count). The minimum atomic E-state index is -0.140. The zero-order valence-electron chi connectivity index (χ0n) is 10.2. The molecule has 2 nitrogen and oxygen atoms in total. The molecule has 1 aromatic heterocycles. The van der Waals surface area contributed by atoms with Gasteiger partial charge in [0.1, 0.15) is 0 Å². The van der Waals surface area contributed by atoms with Crippen LogP contribution in [0, 0.1) is 5.41 Å². The fourth-order valence-electron chi connectivity index (χ4n) is 2.35. The molecule has 0 amide bonds. The van der Waals surface area contributed by atoms with E-state index in [1.54, 1.807) is 11.3 Å². The molecule has 0 spiro atoms. The molecule has 1 fully saturated rings. The summed E-state index contributed by atoms with van der Waals surface area (Å²) in [5, 5.41) is 17.6. The Morgan fingerprint density at radius 3 is 2.88 bits per heavy atom. The molecular formula is C13H21NOS. The second kappa shape index (κ2) is 4.47. The van der Waals surface area contributed by atoms with Gasteiger partial charge in [-0.1, -0.05) is 13.8 Å². The fraction of sp³-hybridized carbons (Fsp3) is 0.692. The second-order valence-corrected chi connectivity index (χ2v) is 6.31. The van der Waals surface area contributed by atoms with Gasteiger partial charge >= 0.3 is 0 Å². The van der Waals surface area contributed by atoms with Crippen LogP contribution in [0.3, 0.4) is 0 Å². The topological polar surface area (TPSA) is 32.3 Å². The zero-order chi connectivity index (χ0) is 11.8. The zero-order valence-corrected chi connectivity index (χ0v) is 11.1. The Hall–Kier alpha value is -0.380. The molecule has 1 aliphatic rings. The highest BCUT2D eigenvalue weighted by Gasteiger charge is 2.47. The average Bonchev–Trinajstić information content (AvgIpc) is 2.70. The highest BCUT2D eigenvalue weighted by molar-refractivity contribution is 7.07. The Bertz CT molecular complexity index is 334. The summed E-state index contributed by atoms with van der Waals surface area (Å²) in [5.41, 5.74) is 1.44. The van der Waals surface area contributed by atoms with Crippen LogP contribution < -0.4 is 5.32 Å². The summed E-state index contributed by atoms with van der Waals surface area (Å²) >= 11 is 1.75. The third kappa shape index (κ3) is 2.31. The van der Waals surface area contributed by atoms with E-state index in [1.165, 1.54) is 5.56 Å². The minimum absolute atomic E-state index is 0.0307. The first-order valence-electron chi connectivity index (χ1n) is 5.95. The Kier molecular flexibility index (Phi) is 3.38. The van der Waals surface area contributed by atoms with Crippen LogP contribution in [0.2, 0.25) is 0 Å². The lowest BCUT2D eigenvalue weighted by Crippen LogP contribution is -2.61. The van der Waals surface area contributed by atoms with Gasteiger partial charge in [-0.15, -0.1) is 0 Å². The predicted molar refractivity (Wildman–Crippen MR) is 68.8 cm³/mol. The van der Waals surface area contributed by atoms with Crippen molar-refractivity contribution in [2.24, 2.45) is 5.41 Å². The van der Waals surface area contributed by atoms with Gasteiger partial charge in [-0.2, -0.15) is 11.3 Å². The van der Waals surface area contributed by atoms with Crippen LogP contribution in [0.15, 0.2) is 16.8 Å². The first-order valence-corrected chi connectivity index (χ1v) is 6.89. The predicted octanol–water partition coefficient (Wildman–Crippen LogP) is 2.43. The molecule has 1 aliphatic carbocycles. The number of thiophene rings is 1. The number of rotatable bonds is 4. The van der Waals surface area contributed by atoms with Crippen molar-refractivity contribution < 1.29 is 5.11 Å². The van der Waals surface area contributed by atoms with Crippen molar-refractivity contribution in [2.75, 3.05) is 0 Å². The first-order chi connectivity index (χ1) is 7.50. The molecular weight excluding hydrogens is 218 g/mol. The SMILES string of the molecule is CC(Cc1ccsc1)NC1CC(O)C1(C)C. The van der Waals surface area contributed by atoms with Crippen LogP contribution >= 0.6 is 11.3 Å². The molecule has 0 saturated heterocycles. The maximum Gasteiger partial charge on any atom is 0.0621 e. The lowest BCUT2D eigenvalue weighted by molar-refractivity contribution is -0.0752. The van der Waals surface area contributed by atoms with Crippen molar-refractivity contribution in [2.45, 2.75) is 51.8 Å². The summed E-state index contributed by atoms with van der Waals surface area (Å²) < 4.78 is 0. The fourth-order valence-corrected chi connectivity index (χ4v) is 3.03. The van der Waals surface area contributed by atoms with Gasteiger partial charge < -0.3 is 10.4 Å². The molecule has 0 aromatic carbocycles. The molecule has 0 aliphatic heterocycles. The summed E-state index contributed by atoms with van der Waals surface area (Å²) in [6.45, 7) is 6.49. The van der Waals surface area contributed by atoms with Crippen LogP contribution in [0.25, 0.3) is 0 Å². The van der Waals surface area contributed by atoms with Gasteiger partial charge in [-0.05, 0) is 42.2 Å². The maximum absolute atomic E-state index is 9.68. The van der Waals surface area contributed by atoms with Gasteiger partial charge in [-0.3, -0.25) is 0 Å². The van der Waals surface area contributed by atoms with E-state index in [-0.39, 0.29) is 11.5 Å². The Labute approximate surface area is 102 Å². The molecule has 90 valence electrons. The number of hydrogen-bond acceptors (Lipinski definition) is 3. The van der Waals surface area contributed by atoms with Gasteiger partial charge in [0.15, 0.2) is 0 Å². The Balaban J connectivity index is 1.82. The van der Waals surface area contributed by atoms with E-state index in [1.807, 2.05) is 0 Å². The van der Waals surface area contributed by atoms with Crippen molar-refractivity contribution >= 4 is 11.3 Å². The summed E-state index contributed by atoms with van der Waals surface area (Å²) in [5.74, 6) is 0. The molecule has 1 heterocycles. The lowest BCUT2D eigenvalue weighted by Gasteiger charge is -2.50. The second-order valence-electron chi connectivity index (χ2n) is 5.53. The van der Waals surface area contributed by atoms with Gasteiger partial charge in [0, 0.05) is 17.5 Å². The van der Waals surface area contributed by atoms with E-state index >= 15 is 0 Å². The monoisotopic (exact) mass is 239 g/mol. The normalized spacial score (nSPS) is 29.8. The van der Waals surface area contributed by atoms with Gasteiger partial charge in [0.05, 0.1) is 6.10 Å². The van der Waals surface area contributed by atoms with Crippen molar-refractivity contribution in [3.8, 4) is 0 Å². The highest BCUT2D eigenvalue weighted by atomic mass is 32.1. The van der Waals surface area contributed by atoms with Gasteiger partial charge in [0.2, 0.25) is 0 Å². The third-order valence-corrected chi connectivity index (χ3v) is 4.56. The largest absolute Gasteiger partial charge is 0.392 e. The third-order valence-electron chi connectivity index (χ3n) is 3.82. The van der Waals surface area contributed by atoms with E-state index in [9.17, 15) is 5.11 Å². The highest BCUT2D eigenvalue weighted by Crippen LogP contribution is 2.40. The van der Waals surface area contributed by atoms with E-state index in [2.05, 4.69) is 42.9 Å². The minimum Gasteiger partial charge on any atom is -0.392 e. The molecule has 3 unspecified atom stereocenters. The number of aliphatic hydroxyl groups is 1. The number of nitrogens with one attached hydrogen (secondary N) is 1. The summed E-state index contributed by atoms with van der Waals surface area (Å²) in [6, 6.07) is 3.12. The van der Waals surface area contributed by atoms with Crippen LogP contribution in [-0.2, 0) is 6.42 Å².